The minimum Gasteiger partial charge on any atom is -0.384 e. The van der Waals surface area contributed by atoms with Gasteiger partial charge in [-0.1, -0.05) is 24.3 Å². The van der Waals surface area contributed by atoms with Crippen LogP contribution in [0.5, 0.6) is 0 Å². The topological polar surface area (TPSA) is 144 Å². The van der Waals surface area contributed by atoms with Crippen LogP contribution in [0.4, 0.5) is 10.9 Å². The largest absolute Gasteiger partial charge is 0.384 e. The first kappa shape index (κ1) is 26.0. The van der Waals surface area contributed by atoms with Crippen molar-refractivity contribution in [2.75, 3.05) is 17.6 Å². The van der Waals surface area contributed by atoms with Gasteiger partial charge in [0.25, 0.3) is 5.91 Å². The molecule has 4 aromatic rings. The number of sulfone groups is 1. The fourth-order valence-electron chi connectivity index (χ4n) is 3.46. The van der Waals surface area contributed by atoms with Gasteiger partial charge in [-0.2, -0.15) is 0 Å². The highest BCUT2D eigenvalue weighted by molar-refractivity contribution is 7.92. The zero-order valence-corrected chi connectivity index (χ0v) is 21.8. The van der Waals surface area contributed by atoms with E-state index in [4.69, 9.17) is 5.73 Å². The van der Waals surface area contributed by atoms with Crippen LogP contribution >= 0.6 is 11.3 Å². The van der Waals surface area contributed by atoms with Crippen LogP contribution in [0.15, 0.2) is 77.1 Å². The quantitative estimate of drug-likeness (QED) is 0.309. The number of pyridine rings is 1. The van der Waals surface area contributed by atoms with E-state index in [9.17, 15) is 18.0 Å². The number of amides is 2. The van der Waals surface area contributed by atoms with Gasteiger partial charge < -0.3 is 16.4 Å². The third-order valence-electron chi connectivity index (χ3n) is 5.48. The van der Waals surface area contributed by atoms with Crippen LogP contribution in [0.1, 0.15) is 24.2 Å². The van der Waals surface area contributed by atoms with Crippen molar-refractivity contribution in [3.8, 4) is 22.4 Å². The summed E-state index contributed by atoms with van der Waals surface area (Å²) >= 11 is 1.26. The highest BCUT2D eigenvalue weighted by Crippen LogP contribution is 2.29. The van der Waals surface area contributed by atoms with Gasteiger partial charge in [0.1, 0.15) is 5.82 Å². The molecule has 4 rings (SSSR count). The van der Waals surface area contributed by atoms with Gasteiger partial charge in [-0.05, 0) is 61.4 Å². The van der Waals surface area contributed by atoms with Gasteiger partial charge in [0.05, 0.1) is 22.4 Å². The van der Waals surface area contributed by atoms with Crippen molar-refractivity contribution in [2.24, 2.45) is 0 Å². The van der Waals surface area contributed by atoms with Gasteiger partial charge in [-0.3, -0.25) is 9.59 Å². The van der Waals surface area contributed by atoms with Gasteiger partial charge in [-0.25, -0.2) is 18.4 Å². The summed E-state index contributed by atoms with van der Waals surface area (Å²) in [7, 11) is -3.52. The molecule has 9 nitrogen and oxygen atoms in total. The zero-order chi connectivity index (χ0) is 26.6. The minimum absolute atomic E-state index is 0.0615. The SMILES string of the molecule is CC(C)S(=O)(=O)c1cccc(C(=O)NCC(=O)Nc2nc(-c3cccc(-c4ccnc(N)c4)c3)cs2)c1. The van der Waals surface area contributed by atoms with Crippen LogP contribution in [0.3, 0.4) is 0 Å². The number of benzene rings is 2. The molecule has 2 aromatic carbocycles. The van der Waals surface area contributed by atoms with Crippen LogP contribution in [-0.2, 0) is 14.6 Å². The zero-order valence-electron chi connectivity index (χ0n) is 20.1. The van der Waals surface area contributed by atoms with Crippen LogP contribution < -0.4 is 16.4 Å². The lowest BCUT2D eigenvalue weighted by Crippen LogP contribution is -2.33. The Balaban J connectivity index is 1.38. The average Bonchev–Trinajstić information content (AvgIpc) is 3.35. The van der Waals surface area contributed by atoms with Crippen molar-refractivity contribution in [3.05, 3.63) is 77.8 Å². The fraction of sp³-hybridized carbons (Fsp3) is 0.154. The second-order valence-corrected chi connectivity index (χ2v) is 11.8. The monoisotopic (exact) mass is 535 g/mol. The molecule has 0 atom stereocenters. The van der Waals surface area contributed by atoms with Gasteiger partial charge in [-0.15, -0.1) is 11.3 Å². The molecule has 0 fully saturated rings. The van der Waals surface area contributed by atoms with Gasteiger partial charge >= 0.3 is 0 Å². The lowest BCUT2D eigenvalue weighted by atomic mass is 10.0. The number of hydrogen-bond donors (Lipinski definition) is 3. The van der Waals surface area contributed by atoms with E-state index in [2.05, 4.69) is 20.6 Å². The van der Waals surface area contributed by atoms with E-state index in [1.165, 1.54) is 35.6 Å². The molecule has 0 unspecified atom stereocenters. The smallest absolute Gasteiger partial charge is 0.251 e. The molecule has 0 saturated heterocycles. The van der Waals surface area contributed by atoms with Crippen LogP contribution in [0.2, 0.25) is 0 Å². The Bertz CT molecular complexity index is 1560. The van der Waals surface area contributed by atoms with E-state index in [1.54, 1.807) is 26.1 Å². The molecule has 0 spiro atoms. The molecular weight excluding hydrogens is 510 g/mol. The van der Waals surface area contributed by atoms with E-state index >= 15 is 0 Å². The maximum atomic E-state index is 12.5. The molecule has 0 aliphatic carbocycles. The van der Waals surface area contributed by atoms with Gasteiger partial charge in [0, 0.05) is 22.7 Å². The molecule has 0 aliphatic heterocycles. The number of nitrogens with one attached hydrogen (secondary N) is 2. The summed E-state index contributed by atoms with van der Waals surface area (Å²) in [4.78, 5) is 33.5. The number of carbonyl (C=O) groups is 2. The Hall–Kier alpha value is -4.09. The summed E-state index contributed by atoms with van der Waals surface area (Å²) in [5, 5.41) is 6.79. The predicted molar refractivity (Wildman–Crippen MR) is 145 cm³/mol. The second-order valence-electron chi connectivity index (χ2n) is 8.44. The molecule has 2 aromatic heterocycles. The number of nitrogens with two attached hydrogens (primary N) is 1. The summed E-state index contributed by atoms with van der Waals surface area (Å²) in [5.74, 6) is -0.576. The highest BCUT2D eigenvalue weighted by Gasteiger charge is 2.20. The summed E-state index contributed by atoms with van der Waals surface area (Å²) in [6.07, 6.45) is 1.65. The Morgan fingerprint density at radius 2 is 1.73 bits per heavy atom. The van der Waals surface area contributed by atoms with Crippen molar-refractivity contribution >= 4 is 43.9 Å². The van der Waals surface area contributed by atoms with E-state index < -0.39 is 26.9 Å². The number of rotatable bonds is 8. The number of nitrogens with zero attached hydrogens (tertiary/aromatic N) is 2. The third kappa shape index (κ3) is 6.19. The predicted octanol–water partition coefficient (Wildman–Crippen LogP) is 4.00. The molecule has 0 radical (unpaired) electrons. The van der Waals surface area contributed by atoms with Crippen molar-refractivity contribution in [1.82, 2.24) is 15.3 Å². The third-order valence-corrected chi connectivity index (χ3v) is 8.39. The molecule has 0 bridgehead atoms. The van der Waals surface area contributed by atoms with Crippen molar-refractivity contribution < 1.29 is 18.0 Å². The molecule has 37 heavy (non-hydrogen) atoms. The van der Waals surface area contributed by atoms with Crippen molar-refractivity contribution in [1.29, 1.82) is 0 Å². The summed E-state index contributed by atoms with van der Waals surface area (Å²) in [6, 6.07) is 17.2. The molecule has 4 N–H and O–H groups in total. The van der Waals surface area contributed by atoms with Gasteiger partial charge in [0.15, 0.2) is 15.0 Å². The molecule has 0 aliphatic rings. The number of thiazole rings is 1. The first-order chi connectivity index (χ1) is 17.6. The molecule has 190 valence electrons. The number of anilines is 2. The first-order valence-corrected chi connectivity index (χ1v) is 13.8. The molecule has 11 heteroatoms. The summed E-state index contributed by atoms with van der Waals surface area (Å²) in [6.45, 7) is 2.85. The maximum Gasteiger partial charge on any atom is 0.251 e. The first-order valence-electron chi connectivity index (χ1n) is 11.3. The Morgan fingerprint density at radius 1 is 1.00 bits per heavy atom. The summed E-state index contributed by atoms with van der Waals surface area (Å²) < 4.78 is 24.8. The number of aromatic nitrogens is 2. The Kier molecular flexibility index (Phi) is 7.65. The van der Waals surface area contributed by atoms with Crippen molar-refractivity contribution in [2.45, 2.75) is 24.0 Å². The van der Waals surface area contributed by atoms with E-state index in [1.807, 2.05) is 35.7 Å². The Morgan fingerprint density at radius 3 is 2.49 bits per heavy atom. The van der Waals surface area contributed by atoms with E-state index in [0.29, 0.717) is 16.6 Å². The van der Waals surface area contributed by atoms with Crippen LogP contribution in [0, 0.1) is 0 Å². The average molecular weight is 536 g/mol. The number of nitrogen functional groups attached to an aromatic ring is 1. The number of hydrogen-bond acceptors (Lipinski definition) is 8. The molecule has 2 heterocycles. The lowest BCUT2D eigenvalue weighted by Gasteiger charge is -2.10. The summed E-state index contributed by atoms with van der Waals surface area (Å²) in [5.41, 5.74) is 9.40. The molecule has 2 amide bonds. The molecular formula is C26H25N5O4S2. The van der Waals surface area contributed by atoms with Crippen LogP contribution in [0.25, 0.3) is 22.4 Å². The van der Waals surface area contributed by atoms with Crippen molar-refractivity contribution in [3.63, 3.8) is 0 Å². The number of carbonyl (C=O) groups excluding carboxylic acids is 2. The fourth-order valence-corrected chi connectivity index (χ4v) is 5.30. The van der Waals surface area contributed by atoms with E-state index in [-0.39, 0.29) is 17.0 Å². The highest BCUT2D eigenvalue weighted by atomic mass is 32.2. The second kappa shape index (κ2) is 10.9. The maximum absolute atomic E-state index is 12.5. The normalized spacial score (nSPS) is 11.3. The van der Waals surface area contributed by atoms with E-state index in [0.717, 1.165) is 16.7 Å². The lowest BCUT2D eigenvalue weighted by molar-refractivity contribution is -0.115. The van der Waals surface area contributed by atoms with Crippen LogP contribution in [-0.4, -0.2) is 42.0 Å². The molecule has 0 saturated carbocycles. The Labute approximate surface area is 218 Å². The van der Waals surface area contributed by atoms with Gasteiger partial charge in [0.2, 0.25) is 5.91 Å². The minimum atomic E-state index is -3.52. The standard InChI is InChI=1S/C26H25N5O4S2/c1-16(2)37(34,35)21-8-4-7-20(12-21)25(33)29-14-24(32)31-26-30-22(15-36-26)19-6-3-5-17(11-19)18-9-10-28-23(27)13-18/h3-13,15-16H,14H2,1-2H3,(H2,27,28)(H,29,33)(H,30,31,32).